The monoisotopic (exact) mass is 134 g/mol. The zero-order chi connectivity index (χ0) is 8.15. The van der Waals surface area contributed by atoms with Crippen molar-refractivity contribution in [2.24, 2.45) is 0 Å². The van der Waals surface area contributed by atoms with E-state index in [4.69, 9.17) is 33.4 Å². The van der Waals surface area contributed by atoms with Crippen LogP contribution in [-0.2, 0) is 4.74 Å². The Morgan fingerprint density at radius 2 is 2.00 bits per heavy atom. The molecule has 0 saturated carbocycles. The number of hydrogen-bond acceptors (Lipinski definition) is 2. The number of rotatable bonds is 4. The van der Waals surface area contributed by atoms with E-state index in [1.54, 1.807) is 0 Å². The lowest BCUT2D eigenvalue weighted by Gasteiger charge is -2.24. The Kier molecular flexibility index (Phi) is 4.91. The maximum absolute atomic E-state index is 8.77. The van der Waals surface area contributed by atoms with E-state index >= 15 is 0 Å². The van der Waals surface area contributed by atoms with Gasteiger partial charge in [-0.3, -0.25) is 0 Å². The molecule has 2 nitrogen and oxygen atoms in total. The molecule has 0 amide bonds. The molecule has 0 aliphatic carbocycles. The fourth-order valence-corrected chi connectivity index (χ4v) is 0.630. The van der Waals surface area contributed by atoms with Crippen molar-refractivity contribution in [1.82, 2.24) is 0 Å². The van der Waals surface area contributed by atoms with Gasteiger partial charge in [0.2, 0.25) is 0 Å². The quantitative estimate of drug-likeness (QED) is 0.501. The smallest absolute Gasteiger partial charge is 0.108 e. The summed E-state index contributed by atoms with van der Waals surface area (Å²) < 4.78 is 4.83. The largest absolute Gasteiger partial charge is 0.403 e. The molecule has 0 aromatic carbocycles. The van der Waals surface area contributed by atoms with Gasteiger partial charge in [0, 0.05) is 19.2 Å². The van der Waals surface area contributed by atoms with E-state index in [0.717, 1.165) is 0 Å². The molecule has 5 heteroatoms. The molecule has 6 radical (unpaired) electrons. The zero-order valence-corrected chi connectivity index (χ0v) is 6.03. The maximum atomic E-state index is 8.77. The molecule has 50 valence electrons. The maximum Gasteiger partial charge on any atom is 0.108 e. The van der Waals surface area contributed by atoms with Gasteiger partial charge in [0.1, 0.15) is 7.85 Å². The first-order valence-corrected chi connectivity index (χ1v) is 3.05. The van der Waals surface area contributed by atoms with Crippen molar-refractivity contribution in [3.05, 3.63) is 0 Å². The van der Waals surface area contributed by atoms with Crippen molar-refractivity contribution >= 4 is 23.5 Å². The van der Waals surface area contributed by atoms with Gasteiger partial charge in [-0.1, -0.05) is 6.32 Å². The summed E-state index contributed by atoms with van der Waals surface area (Å²) in [6.45, 7) is 0. The van der Waals surface area contributed by atoms with Crippen LogP contribution in [0.1, 0.15) is 0 Å². The molecule has 1 N–H and O–H groups in total. The lowest BCUT2D eigenvalue weighted by Crippen LogP contribution is -2.28. The van der Waals surface area contributed by atoms with E-state index in [-0.39, 0.29) is 12.4 Å². The summed E-state index contributed by atoms with van der Waals surface area (Å²) in [5.41, 5.74) is 0. The van der Waals surface area contributed by atoms with Crippen LogP contribution in [0.5, 0.6) is 0 Å². The van der Waals surface area contributed by atoms with E-state index in [9.17, 15) is 0 Å². The van der Waals surface area contributed by atoms with Crippen molar-refractivity contribution in [1.29, 1.82) is 0 Å². The van der Waals surface area contributed by atoms with Crippen molar-refractivity contribution in [3.8, 4) is 0 Å². The van der Waals surface area contributed by atoms with E-state index in [1.165, 1.54) is 7.11 Å². The molecule has 0 rings (SSSR count). The minimum absolute atomic E-state index is 0.256. The number of aliphatic hydroxyl groups excluding tert-OH is 1. The Hall–Kier alpha value is 0.115. The molecule has 0 heterocycles. The molecule has 0 saturated heterocycles. The van der Waals surface area contributed by atoms with Crippen LogP contribution >= 0.6 is 0 Å². The van der Waals surface area contributed by atoms with Gasteiger partial charge in [-0.15, -0.1) is 0 Å². The summed E-state index contributed by atoms with van der Waals surface area (Å²) in [5, 5.41) is 8.77. The minimum atomic E-state index is -1.08. The van der Waals surface area contributed by atoms with Gasteiger partial charge in [0.25, 0.3) is 0 Å². The van der Waals surface area contributed by atoms with Crippen LogP contribution in [0.3, 0.4) is 0 Å². The van der Waals surface area contributed by atoms with Crippen molar-refractivity contribution in [3.63, 3.8) is 0 Å². The van der Waals surface area contributed by atoms with Crippen LogP contribution < -0.4 is 0 Å². The van der Waals surface area contributed by atoms with Crippen molar-refractivity contribution in [2.75, 3.05) is 7.11 Å². The average Bonchev–Trinajstić information content (AvgIpc) is 1.90. The fourth-order valence-electron chi connectivity index (χ4n) is 0.630. The molecule has 0 spiro atoms. The van der Waals surface area contributed by atoms with Gasteiger partial charge in [-0.2, -0.15) is 0 Å². The zero-order valence-electron chi connectivity index (χ0n) is 6.03. The van der Waals surface area contributed by atoms with E-state index in [0.29, 0.717) is 0 Å². The molecule has 0 aromatic heterocycles. The number of hydrogen-bond donors (Lipinski definition) is 1. The topological polar surface area (TPSA) is 29.5 Å². The van der Waals surface area contributed by atoms with Gasteiger partial charge in [0.15, 0.2) is 0 Å². The first-order chi connectivity index (χ1) is 4.63. The third kappa shape index (κ3) is 2.80. The van der Waals surface area contributed by atoms with Crippen LogP contribution in [0.25, 0.3) is 0 Å². The SMILES string of the molecule is [B]CC(OC)[C@@H]([B])[C@H]([B])O. The molecule has 0 fully saturated rings. The number of methoxy groups -OCH3 is 1. The summed E-state index contributed by atoms with van der Waals surface area (Å²) in [4.78, 5) is 0. The van der Waals surface area contributed by atoms with Gasteiger partial charge >= 0.3 is 0 Å². The highest BCUT2D eigenvalue weighted by molar-refractivity contribution is 6.21. The molecular formula is C5H9B3O2. The summed E-state index contributed by atoms with van der Waals surface area (Å²) in [7, 11) is 17.2. The predicted octanol–water partition coefficient (Wildman–Crippen LogP) is -0.968. The summed E-state index contributed by atoms with van der Waals surface area (Å²) in [6, 6.07) is -1.08. The molecule has 3 atom stereocenters. The van der Waals surface area contributed by atoms with E-state index in [1.807, 2.05) is 0 Å². The van der Waals surface area contributed by atoms with E-state index in [2.05, 4.69) is 0 Å². The van der Waals surface area contributed by atoms with Crippen LogP contribution in [0.4, 0.5) is 0 Å². The molecule has 1 unspecified atom stereocenters. The third-order valence-corrected chi connectivity index (χ3v) is 1.36. The van der Waals surface area contributed by atoms with Gasteiger partial charge in [-0.05, 0) is 5.82 Å². The Morgan fingerprint density at radius 3 is 2.10 bits per heavy atom. The van der Waals surface area contributed by atoms with Gasteiger partial charge < -0.3 is 9.84 Å². The Bertz CT molecular complexity index is 85.0. The summed E-state index contributed by atoms with van der Waals surface area (Å²) in [6.07, 6.45) is -0.119. The second kappa shape index (κ2) is 4.86. The summed E-state index contributed by atoms with van der Waals surface area (Å²) in [5.74, 6) is -0.616. The predicted molar refractivity (Wildman–Crippen MR) is 42.6 cm³/mol. The Balaban J connectivity index is 3.76. The minimum Gasteiger partial charge on any atom is -0.403 e. The number of aliphatic hydroxyl groups is 1. The van der Waals surface area contributed by atoms with Gasteiger partial charge in [0.05, 0.1) is 15.7 Å². The standard InChI is InChI=1S/C5H9B3O2/c1-10-3(2-6)4(7)5(8)9/h3-5,9H,2H2,1H3/t3?,4-,5-/m1/s1. The first kappa shape index (κ1) is 10.1. The second-order valence-electron chi connectivity index (χ2n) is 2.08. The normalized spacial score (nSPS) is 19.8. The number of ether oxygens (including phenoxy) is 1. The van der Waals surface area contributed by atoms with Crippen molar-refractivity contribution in [2.45, 2.75) is 24.2 Å². The molecule has 10 heavy (non-hydrogen) atoms. The summed E-state index contributed by atoms with van der Waals surface area (Å²) >= 11 is 0. The van der Waals surface area contributed by atoms with Crippen LogP contribution in [0.2, 0.25) is 12.1 Å². The highest BCUT2D eigenvalue weighted by Crippen LogP contribution is 2.15. The Labute approximate surface area is 65.6 Å². The molecule has 0 aromatic rings. The first-order valence-electron chi connectivity index (χ1n) is 3.05. The highest BCUT2D eigenvalue weighted by Gasteiger charge is 2.17. The third-order valence-electron chi connectivity index (χ3n) is 1.36. The molecule has 0 aliphatic heterocycles. The average molecular weight is 134 g/mol. The van der Waals surface area contributed by atoms with Crippen LogP contribution in [0.15, 0.2) is 0 Å². The fraction of sp³-hybridized carbons (Fsp3) is 1.00. The van der Waals surface area contributed by atoms with E-state index < -0.39 is 11.8 Å². The van der Waals surface area contributed by atoms with Gasteiger partial charge in [-0.25, -0.2) is 0 Å². The lowest BCUT2D eigenvalue weighted by molar-refractivity contribution is 0.0830. The lowest BCUT2D eigenvalue weighted by atomic mass is 9.68. The molecular weight excluding hydrogens is 124 g/mol. The Morgan fingerprint density at radius 1 is 1.50 bits per heavy atom. The second-order valence-corrected chi connectivity index (χ2v) is 2.08. The van der Waals surface area contributed by atoms with Crippen molar-refractivity contribution < 1.29 is 9.84 Å². The molecule has 0 bridgehead atoms. The highest BCUT2D eigenvalue weighted by atomic mass is 16.5. The van der Waals surface area contributed by atoms with Crippen LogP contribution in [-0.4, -0.2) is 47.9 Å². The molecule has 0 aliphatic rings. The van der Waals surface area contributed by atoms with Crippen LogP contribution in [0, 0.1) is 0 Å².